The highest BCUT2D eigenvalue weighted by atomic mass is 16.5. The molecule has 0 radical (unpaired) electrons. The molecule has 0 bridgehead atoms. The number of piperazine rings is 1. The van der Waals surface area contributed by atoms with Gasteiger partial charge in [0, 0.05) is 38.8 Å². The molecule has 6 heteroatoms. The zero-order valence-electron chi connectivity index (χ0n) is 18.7. The summed E-state index contributed by atoms with van der Waals surface area (Å²) in [5, 5.41) is 13.3. The Morgan fingerprint density at radius 2 is 1.81 bits per heavy atom. The van der Waals surface area contributed by atoms with Crippen LogP contribution < -0.4 is 15.0 Å². The first kappa shape index (κ1) is 23.1. The Hall–Kier alpha value is -2.57. The van der Waals surface area contributed by atoms with Gasteiger partial charge in [-0.1, -0.05) is 37.1 Å². The lowest BCUT2D eigenvalue weighted by Gasteiger charge is -2.36. The highest BCUT2D eigenvalue weighted by Crippen LogP contribution is 2.30. The third-order valence-corrected chi connectivity index (χ3v) is 5.86. The van der Waals surface area contributed by atoms with Gasteiger partial charge in [-0.3, -0.25) is 9.69 Å². The van der Waals surface area contributed by atoms with Gasteiger partial charge in [-0.15, -0.1) is 0 Å². The maximum Gasteiger partial charge on any atom is 0.221 e. The lowest BCUT2D eigenvalue weighted by molar-refractivity contribution is -0.114. The van der Waals surface area contributed by atoms with Crippen molar-refractivity contribution in [3.63, 3.8) is 0 Å². The van der Waals surface area contributed by atoms with Crippen molar-refractivity contribution in [3.05, 3.63) is 54.1 Å². The number of rotatable bonds is 10. The van der Waals surface area contributed by atoms with E-state index in [1.54, 1.807) is 19.2 Å². The molecule has 1 saturated heterocycles. The fourth-order valence-electron chi connectivity index (χ4n) is 4.11. The Labute approximate surface area is 185 Å². The minimum atomic E-state index is -0.534. The van der Waals surface area contributed by atoms with Crippen molar-refractivity contribution < 1.29 is 14.6 Å². The van der Waals surface area contributed by atoms with Gasteiger partial charge < -0.3 is 20.1 Å². The van der Waals surface area contributed by atoms with Gasteiger partial charge in [0.1, 0.15) is 5.75 Å². The maximum absolute atomic E-state index is 11.4. The van der Waals surface area contributed by atoms with Crippen molar-refractivity contribution >= 4 is 17.3 Å². The van der Waals surface area contributed by atoms with Crippen LogP contribution in [0.5, 0.6) is 5.75 Å². The molecule has 2 N–H and O–H groups in total. The number of hydrogen-bond donors (Lipinski definition) is 2. The molecular formula is C25H35N3O3. The van der Waals surface area contributed by atoms with E-state index in [1.807, 2.05) is 6.07 Å². The summed E-state index contributed by atoms with van der Waals surface area (Å²) in [6.07, 6.45) is 3.41. The molecular weight excluding hydrogens is 390 g/mol. The molecule has 1 aliphatic rings. The van der Waals surface area contributed by atoms with E-state index < -0.39 is 6.10 Å². The topological polar surface area (TPSA) is 65.0 Å². The first-order chi connectivity index (χ1) is 15.1. The van der Waals surface area contributed by atoms with Gasteiger partial charge in [0.25, 0.3) is 0 Å². The van der Waals surface area contributed by atoms with Crippen molar-refractivity contribution in [1.29, 1.82) is 0 Å². The molecule has 2 aromatic rings. The van der Waals surface area contributed by atoms with Gasteiger partial charge in [0.15, 0.2) is 0 Å². The predicted molar refractivity (Wildman–Crippen MR) is 126 cm³/mol. The van der Waals surface area contributed by atoms with E-state index in [0.717, 1.165) is 57.5 Å². The molecule has 31 heavy (non-hydrogen) atoms. The van der Waals surface area contributed by atoms with Gasteiger partial charge in [-0.2, -0.15) is 0 Å². The first-order valence-corrected chi connectivity index (χ1v) is 11.2. The Balaban J connectivity index is 1.35. The molecule has 0 spiro atoms. The van der Waals surface area contributed by atoms with Crippen molar-refractivity contribution in [2.45, 2.75) is 38.7 Å². The Morgan fingerprint density at radius 1 is 1.06 bits per heavy atom. The van der Waals surface area contributed by atoms with Crippen LogP contribution in [0.1, 0.15) is 44.3 Å². The van der Waals surface area contributed by atoms with Crippen LogP contribution in [0.25, 0.3) is 0 Å². The third kappa shape index (κ3) is 6.97. The number of benzene rings is 2. The van der Waals surface area contributed by atoms with Crippen molar-refractivity contribution in [3.8, 4) is 5.75 Å². The number of amides is 1. The molecule has 168 valence electrons. The summed E-state index contributed by atoms with van der Waals surface area (Å²) < 4.78 is 5.28. The van der Waals surface area contributed by atoms with Gasteiger partial charge in [0.2, 0.25) is 5.91 Å². The lowest BCUT2D eigenvalue weighted by Crippen LogP contribution is -2.46. The molecule has 1 fully saturated rings. The number of hydrogen-bond acceptors (Lipinski definition) is 5. The second-order valence-corrected chi connectivity index (χ2v) is 8.17. The lowest BCUT2D eigenvalue weighted by atomic mass is 10.0. The summed E-state index contributed by atoms with van der Waals surface area (Å²) in [6.45, 7) is 6.95. The molecule has 6 nitrogen and oxygen atoms in total. The number of unbranched alkanes of at least 4 members (excludes halogenated alkanes) is 2. The van der Waals surface area contributed by atoms with E-state index in [-0.39, 0.29) is 5.91 Å². The van der Waals surface area contributed by atoms with Crippen LogP contribution >= 0.6 is 0 Å². The normalized spacial score (nSPS) is 15.5. The molecule has 0 aromatic heterocycles. The van der Waals surface area contributed by atoms with Crippen LogP contribution in [0.15, 0.2) is 48.5 Å². The van der Waals surface area contributed by atoms with Gasteiger partial charge >= 0.3 is 0 Å². The molecule has 1 unspecified atom stereocenters. The number of aliphatic hydroxyl groups is 1. The molecule has 2 aromatic carbocycles. The Morgan fingerprint density at radius 3 is 2.48 bits per heavy atom. The molecule has 0 aliphatic carbocycles. The van der Waals surface area contributed by atoms with Gasteiger partial charge in [0.05, 0.1) is 18.9 Å². The van der Waals surface area contributed by atoms with Crippen LogP contribution in [-0.2, 0) is 4.79 Å². The van der Waals surface area contributed by atoms with Gasteiger partial charge in [-0.25, -0.2) is 0 Å². The molecule has 1 atom stereocenters. The standard InChI is InChI=1S/C25H35N3O3/c1-20(29)26-23-19-21(12-13-25(23)31-2)24(30)11-7-4-8-14-27-15-17-28(18-16-27)22-9-5-3-6-10-22/h3,5-6,9-10,12-13,19,24,30H,4,7-8,11,14-18H2,1-2H3,(H,26,29). The third-order valence-electron chi connectivity index (χ3n) is 5.86. The average molecular weight is 426 g/mol. The summed E-state index contributed by atoms with van der Waals surface area (Å²) in [5.41, 5.74) is 2.72. The van der Waals surface area contributed by atoms with Gasteiger partial charge in [-0.05, 0) is 49.2 Å². The molecule has 1 aliphatic heterocycles. The summed E-state index contributed by atoms with van der Waals surface area (Å²) >= 11 is 0. The van der Waals surface area contributed by atoms with Crippen LogP contribution in [-0.4, -0.2) is 55.7 Å². The molecule has 0 saturated carbocycles. The van der Waals surface area contributed by atoms with Crippen LogP contribution in [0.4, 0.5) is 11.4 Å². The zero-order valence-corrected chi connectivity index (χ0v) is 18.7. The summed E-state index contributed by atoms with van der Waals surface area (Å²) in [4.78, 5) is 16.4. The Bertz CT molecular complexity index is 820. The van der Waals surface area contributed by atoms with E-state index >= 15 is 0 Å². The number of aliphatic hydroxyl groups excluding tert-OH is 1. The first-order valence-electron chi connectivity index (χ1n) is 11.2. The second-order valence-electron chi connectivity index (χ2n) is 8.17. The molecule has 1 heterocycles. The van der Waals surface area contributed by atoms with Crippen LogP contribution in [0, 0.1) is 0 Å². The number of ether oxygens (including phenoxy) is 1. The van der Waals surface area contributed by atoms with Crippen molar-refractivity contribution in [2.24, 2.45) is 0 Å². The SMILES string of the molecule is COc1ccc(C(O)CCCCCN2CCN(c3ccccc3)CC2)cc1NC(C)=O. The second kappa shape index (κ2) is 11.7. The maximum atomic E-state index is 11.4. The summed E-state index contributed by atoms with van der Waals surface area (Å²) in [6, 6.07) is 16.1. The largest absolute Gasteiger partial charge is 0.495 e. The van der Waals surface area contributed by atoms with E-state index in [9.17, 15) is 9.90 Å². The van der Waals surface area contributed by atoms with Crippen molar-refractivity contribution in [2.75, 3.05) is 50.1 Å². The fraction of sp³-hybridized carbons (Fsp3) is 0.480. The highest BCUT2D eigenvalue weighted by Gasteiger charge is 2.17. The smallest absolute Gasteiger partial charge is 0.221 e. The summed E-state index contributed by atoms with van der Waals surface area (Å²) in [5.74, 6) is 0.438. The number of para-hydroxylation sites is 1. The minimum absolute atomic E-state index is 0.158. The number of methoxy groups -OCH3 is 1. The van der Waals surface area contributed by atoms with E-state index in [4.69, 9.17) is 4.74 Å². The fourth-order valence-corrected chi connectivity index (χ4v) is 4.11. The number of carbonyl (C=O) groups excluding carboxylic acids is 1. The van der Waals surface area contributed by atoms with Crippen LogP contribution in [0.3, 0.4) is 0 Å². The number of nitrogens with one attached hydrogen (secondary N) is 1. The average Bonchev–Trinajstić information content (AvgIpc) is 2.79. The quantitative estimate of drug-likeness (QED) is 0.562. The van der Waals surface area contributed by atoms with E-state index in [1.165, 1.54) is 12.6 Å². The van der Waals surface area contributed by atoms with Crippen molar-refractivity contribution in [1.82, 2.24) is 4.90 Å². The predicted octanol–water partition coefficient (Wildman–Crippen LogP) is 4.07. The monoisotopic (exact) mass is 425 g/mol. The molecule has 3 rings (SSSR count). The van der Waals surface area contributed by atoms with E-state index in [2.05, 4.69) is 45.4 Å². The number of anilines is 2. The Kier molecular flexibility index (Phi) is 8.74. The highest BCUT2D eigenvalue weighted by molar-refractivity contribution is 5.90. The zero-order chi connectivity index (χ0) is 22.1. The van der Waals surface area contributed by atoms with E-state index in [0.29, 0.717) is 17.9 Å². The van der Waals surface area contributed by atoms with Crippen LogP contribution in [0.2, 0.25) is 0 Å². The number of nitrogens with zero attached hydrogens (tertiary/aromatic N) is 2. The minimum Gasteiger partial charge on any atom is -0.495 e. The number of carbonyl (C=O) groups is 1. The summed E-state index contributed by atoms with van der Waals surface area (Å²) in [7, 11) is 1.57. The molecule has 1 amide bonds.